The Hall–Kier alpha value is -0.370. The molecule has 1 rings (SSSR count). The van der Waals surface area contributed by atoms with Gasteiger partial charge in [0.2, 0.25) is 0 Å². The number of aldehydes is 1. The Balaban J connectivity index is 2.30. The molecule has 1 aliphatic rings. The molecule has 0 aliphatic carbocycles. The topological polar surface area (TPSA) is 29.6 Å². The normalized spacial score (nSPS) is 34.6. The minimum atomic E-state index is -0.339. The molecule has 0 N–H and O–H groups in total. The van der Waals surface area contributed by atoms with Gasteiger partial charge in [-0.3, -0.25) is 0 Å². The molecule has 2 heteroatoms. The molecule has 1 saturated heterocycles. The van der Waals surface area contributed by atoms with Gasteiger partial charge in [0.1, 0.15) is 5.60 Å². The number of hydrogen-bond donors (Lipinski definition) is 0. The number of hydrogen-bond acceptors (Lipinski definition) is 2. The maximum atomic E-state index is 10.2. The van der Waals surface area contributed by atoms with Crippen LogP contribution in [-0.4, -0.2) is 18.5 Å². The van der Waals surface area contributed by atoms with Crippen molar-refractivity contribution in [3.63, 3.8) is 0 Å². The van der Waals surface area contributed by atoms with Gasteiger partial charge in [-0.2, -0.15) is 0 Å². The standard InChI is InChI=1S/C6H10O2/c1-2-3-6(4-7)5-8-6/h4H,2-3,5H2,1H3. The lowest BCUT2D eigenvalue weighted by molar-refractivity contribution is -0.112. The Morgan fingerprint density at radius 3 is 2.62 bits per heavy atom. The van der Waals surface area contributed by atoms with Gasteiger partial charge in [-0.25, -0.2) is 0 Å². The number of rotatable bonds is 3. The molecule has 0 spiro atoms. The van der Waals surface area contributed by atoms with E-state index in [0.717, 1.165) is 19.1 Å². The molecule has 1 aliphatic heterocycles. The van der Waals surface area contributed by atoms with Gasteiger partial charge in [-0.05, 0) is 6.42 Å². The van der Waals surface area contributed by atoms with Gasteiger partial charge >= 0.3 is 0 Å². The molecule has 0 radical (unpaired) electrons. The quantitative estimate of drug-likeness (QED) is 0.400. The first-order valence-corrected chi connectivity index (χ1v) is 2.93. The molecule has 0 bridgehead atoms. The average molecular weight is 114 g/mol. The van der Waals surface area contributed by atoms with Crippen LogP contribution in [0.5, 0.6) is 0 Å². The lowest BCUT2D eigenvalue weighted by atomic mass is 10.1. The maximum absolute atomic E-state index is 10.2. The van der Waals surface area contributed by atoms with Crippen molar-refractivity contribution in [1.82, 2.24) is 0 Å². The Morgan fingerprint density at radius 1 is 1.88 bits per heavy atom. The zero-order chi connectivity index (χ0) is 6.04. The Kier molecular flexibility index (Phi) is 1.34. The molecule has 1 atom stereocenters. The zero-order valence-corrected chi connectivity index (χ0v) is 5.02. The van der Waals surface area contributed by atoms with Gasteiger partial charge in [-0.1, -0.05) is 13.3 Å². The third-order valence-corrected chi connectivity index (χ3v) is 1.40. The zero-order valence-electron chi connectivity index (χ0n) is 5.02. The molecule has 0 amide bonds. The second kappa shape index (κ2) is 1.86. The van der Waals surface area contributed by atoms with E-state index in [1.165, 1.54) is 0 Å². The van der Waals surface area contributed by atoms with Crippen molar-refractivity contribution in [2.45, 2.75) is 25.4 Å². The fraction of sp³-hybridized carbons (Fsp3) is 0.833. The summed E-state index contributed by atoms with van der Waals surface area (Å²) >= 11 is 0. The van der Waals surface area contributed by atoms with Crippen molar-refractivity contribution in [2.24, 2.45) is 0 Å². The van der Waals surface area contributed by atoms with Gasteiger partial charge in [0.15, 0.2) is 6.29 Å². The minimum Gasteiger partial charge on any atom is -0.362 e. The molecule has 0 aromatic heterocycles. The van der Waals surface area contributed by atoms with Crippen LogP contribution in [0.3, 0.4) is 0 Å². The van der Waals surface area contributed by atoms with Gasteiger partial charge in [0.05, 0.1) is 6.61 Å². The molecule has 8 heavy (non-hydrogen) atoms. The summed E-state index contributed by atoms with van der Waals surface area (Å²) in [5.41, 5.74) is -0.339. The van der Waals surface area contributed by atoms with Crippen molar-refractivity contribution < 1.29 is 9.53 Å². The average Bonchev–Trinajstić information content (AvgIpc) is 2.50. The molecule has 0 saturated carbocycles. The molecule has 1 unspecified atom stereocenters. The molecule has 1 fully saturated rings. The van der Waals surface area contributed by atoms with E-state index >= 15 is 0 Å². The first-order chi connectivity index (χ1) is 3.83. The SMILES string of the molecule is CCCC1(C=O)CO1. The third kappa shape index (κ3) is 0.892. The van der Waals surface area contributed by atoms with Crippen molar-refractivity contribution in [1.29, 1.82) is 0 Å². The van der Waals surface area contributed by atoms with Crippen LogP contribution in [-0.2, 0) is 9.53 Å². The van der Waals surface area contributed by atoms with Crippen LogP contribution >= 0.6 is 0 Å². The predicted octanol–water partition coefficient (Wildman–Crippen LogP) is 0.754. The van der Waals surface area contributed by atoms with Crippen LogP contribution in [0.15, 0.2) is 0 Å². The summed E-state index contributed by atoms with van der Waals surface area (Å²) in [4.78, 5) is 10.2. The van der Waals surface area contributed by atoms with Crippen LogP contribution in [0.4, 0.5) is 0 Å². The van der Waals surface area contributed by atoms with Crippen molar-refractivity contribution in [3.05, 3.63) is 0 Å². The summed E-state index contributed by atoms with van der Waals surface area (Å²) in [6.07, 6.45) is 2.83. The lowest BCUT2D eigenvalue weighted by Gasteiger charge is -1.96. The van der Waals surface area contributed by atoms with E-state index < -0.39 is 0 Å². The lowest BCUT2D eigenvalue weighted by Crippen LogP contribution is -2.10. The highest BCUT2D eigenvalue weighted by molar-refractivity contribution is 5.65. The molecular weight excluding hydrogens is 104 g/mol. The summed E-state index contributed by atoms with van der Waals surface area (Å²) in [5, 5.41) is 0. The Labute approximate surface area is 48.8 Å². The Morgan fingerprint density at radius 2 is 2.50 bits per heavy atom. The van der Waals surface area contributed by atoms with Crippen molar-refractivity contribution in [2.75, 3.05) is 6.61 Å². The first-order valence-electron chi connectivity index (χ1n) is 2.93. The Bertz CT molecular complexity index is 94.7. The molecule has 1 heterocycles. The maximum Gasteiger partial charge on any atom is 0.154 e. The molecule has 2 nitrogen and oxygen atoms in total. The fourth-order valence-electron chi connectivity index (χ4n) is 0.787. The van der Waals surface area contributed by atoms with Gasteiger partial charge in [-0.15, -0.1) is 0 Å². The van der Waals surface area contributed by atoms with E-state index in [2.05, 4.69) is 0 Å². The van der Waals surface area contributed by atoms with E-state index in [1.54, 1.807) is 0 Å². The van der Waals surface area contributed by atoms with Crippen LogP contribution in [0.1, 0.15) is 19.8 Å². The van der Waals surface area contributed by atoms with Crippen LogP contribution < -0.4 is 0 Å². The molecule has 0 aromatic rings. The van der Waals surface area contributed by atoms with E-state index in [0.29, 0.717) is 6.61 Å². The summed E-state index contributed by atoms with van der Waals surface area (Å²) in [6.45, 7) is 2.69. The number of epoxide rings is 1. The second-order valence-electron chi connectivity index (χ2n) is 2.22. The fourth-order valence-corrected chi connectivity index (χ4v) is 0.787. The predicted molar refractivity (Wildman–Crippen MR) is 29.7 cm³/mol. The second-order valence-corrected chi connectivity index (χ2v) is 2.22. The summed E-state index contributed by atoms with van der Waals surface area (Å²) < 4.78 is 4.92. The highest BCUT2D eigenvalue weighted by Crippen LogP contribution is 2.28. The van der Waals surface area contributed by atoms with Crippen molar-refractivity contribution >= 4 is 6.29 Å². The minimum absolute atomic E-state index is 0.339. The summed E-state index contributed by atoms with van der Waals surface area (Å²) in [6, 6.07) is 0. The summed E-state index contributed by atoms with van der Waals surface area (Å²) in [5.74, 6) is 0. The van der Waals surface area contributed by atoms with Crippen LogP contribution in [0.2, 0.25) is 0 Å². The monoisotopic (exact) mass is 114 g/mol. The van der Waals surface area contributed by atoms with E-state index in [4.69, 9.17) is 4.74 Å². The molecule has 46 valence electrons. The third-order valence-electron chi connectivity index (χ3n) is 1.40. The van der Waals surface area contributed by atoms with Gasteiger partial charge < -0.3 is 9.53 Å². The van der Waals surface area contributed by atoms with E-state index in [1.807, 2.05) is 6.92 Å². The van der Waals surface area contributed by atoms with E-state index in [-0.39, 0.29) is 5.60 Å². The van der Waals surface area contributed by atoms with Gasteiger partial charge in [0, 0.05) is 0 Å². The highest BCUT2D eigenvalue weighted by atomic mass is 16.6. The highest BCUT2D eigenvalue weighted by Gasteiger charge is 2.43. The number of carbonyl (C=O) groups is 1. The smallest absolute Gasteiger partial charge is 0.154 e. The van der Waals surface area contributed by atoms with E-state index in [9.17, 15) is 4.79 Å². The number of ether oxygens (including phenoxy) is 1. The van der Waals surface area contributed by atoms with Crippen LogP contribution in [0, 0.1) is 0 Å². The molecular formula is C6H10O2. The first kappa shape index (κ1) is 5.76. The van der Waals surface area contributed by atoms with Crippen LogP contribution in [0.25, 0.3) is 0 Å². The van der Waals surface area contributed by atoms with Crippen molar-refractivity contribution in [3.8, 4) is 0 Å². The molecule has 0 aromatic carbocycles. The largest absolute Gasteiger partial charge is 0.362 e. The number of carbonyl (C=O) groups excluding carboxylic acids is 1. The summed E-state index contributed by atoms with van der Waals surface area (Å²) in [7, 11) is 0. The van der Waals surface area contributed by atoms with Gasteiger partial charge in [0.25, 0.3) is 0 Å².